The van der Waals surface area contributed by atoms with E-state index in [1.807, 2.05) is 0 Å². The Bertz CT molecular complexity index is 1110. The van der Waals surface area contributed by atoms with Crippen LogP contribution in [0.2, 0.25) is 0 Å². The van der Waals surface area contributed by atoms with Gasteiger partial charge in [0.15, 0.2) is 0 Å². The lowest BCUT2D eigenvalue weighted by Crippen LogP contribution is -2.28. The van der Waals surface area contributed by atoms with Crippen LogP contribution < -0.4 is 4.74 Å². The molecule has 0 bridgehead atoms. The molecule has 196 valence electrons. The van der Waals surface area contributed by atoms with Crippen LogP contribution >= 0.6 is 0 Å². The molecule has 0 aliphatic heterocycles. The summed E-state index contributed by atoms with van der Waals surface area (Å²) >= 11 is 0. The minimum atomic E-state index is -0.242. The largest absolute Gasteiger partial charge is 0.493 e. The summed E-state index contributed by atoms with van der Waals surface area (Å²) in [4.78, 5) is 2.39. The van der Waals surface area contributed by atoms with Gasteiger partial charge in [0.1, 0.15) is 5.75 Å². The number of hydrogen-bond donors (Lipinski definition) is 0. The molecule has 2 heteroatoms. The number of aryl methyl sites for hydroxylation is 2. The maximum atomic E-state index is 6.10. The number of rotatable bonds is 14. The minimum Gasteiger partial charge on any atom is -0.493 e. The number of hydrogen-bond acceptors (Lipinski definition) is 2. The zero-order valence-corrected chi connectivity index (χ0v) is 23.6. The average Bonchev–Trinajstić information content (AvgIpc) is 2.92. The molecular formula is C35H45NO. The van der Waals surface area contributed by atoms with Crippen molar-refractivity contribution >= 4 is 0 Å². The van der Waals surface area contributed by atoms with Crippen molar-refractivity contribution in [3.05, 3.63) is 125 Å². The van der Waals surface area contributed by atoms with E-state index < -0.39 is 0 Å². The van der Waals surface area contributed by atoms with E-state index in [9.17, 15) is 0 Å². The molecule has 0 heterocycles. The Hall–Kier alpha value is -3.10. The van der Waals surface area contributed by atoms with Crippen molar-refractivity contribution < 1.29 is 4.74 Å². The molecule has 0 amide bonds. The van der Waals surface area contributed by atoms with E-state index in [2.05, 4.69) is 131 Å². The molecule has 0 aromatic heterocycles. The fourth-order valence-electron chi connectivity index (χ4n) is 5.08. The van der Waals surface area contributed by atoms with Gasteiger partial charge < -0.3 is 9.64 Å². The van der Waals surface area contributed by atoms with Crippen molar-refractivity contribution in [2.24, 2.45) is 0 Å². The zero-order chi connectivity index (χ0) is 26.7. The van der Waals surface area contributed by atoms with Crippen molar-refractivity contribution in [2.45, 2.75) is 58.8 Å². The Morgan fingerprint density at radius 2 is 1.59 bits per heavy atom. The van der Waals surface area contributed by atoms with Gasteiger partial charge in [0.2, 0.25) is 0 Å². The first kappa shape index (κ1) is 28.5. The van der Waals surface area contributed by atoms with Crippen molar-refractivity contribution in [3.8, 4) is 5.75 Å². The standard InChI is InChI=1S/C35H45NO/c1-7-16-31-21-22-34(28(3)25-31)37-24-15-23-36(6)27-30(8-2)26-29(4)35(5,32-17-11-9-12-18-32)33-19-13-10-14-20-33/h8-14,17-22,25H,4,7,15-16,23-24,26-27H2,1-3,5-6H3/b30-8+. The molecule has 0 radical (unpaired) electrons. The summed E-state index contributed by atoms with van der Waals surface area (Å²) in [7, 11) is 2.20. The summed E-state index contributed by atoms with van der Waals surface area (Å²) in [5, 5.41) is 0. The van der Waals surface area contributed by atoms with E-state index in [-0.39, 0.29) is 5.41 Å². The van der Waals surface area contributed by atoms with E-state index in [0.717, 1.165) is 44.7 Å². The van der Waals surface area contributed by atoms with Crippen LogP contribution in [0.25, 0.3) is 0 Å². The van der Waals surface area contributed by atoms with E-state index in [4.69, 9.17) is 4.74 Å². The second-order valence-electron chi connectivity index (χ2n) is 10.4. The van der Waals surface area contributed by atoms with Crippen LogP contribution in [0.4, 0.5) is 0 Å². The first-order valence-electron chi connectivity index (χ1n) is 13.7. The normalized spacial score (nSPS) is 12.1. The van der Waals surface area contributed by atoms with Gasteiger partial charge >= 0.3 is 0 Å². The number of allylic oxidation sites excluding steroid dienone is 2. The third kappa shape index (κ3) is 7.69. The highest BCUT2D eigenvalue weighted by Gasteiger charge is 2.32. The zero-order valence-electron chi connectivity index (χ0n) is 23.6. The minimum absolute atomic E-state index is 0.242. The summed E-state index contributed by atoms with van der Waals surface area (Å²) in [6.07, 6.45) is 6.43. The van der Waals surface area contributed by atoms with E-state index in [1.165, 1.54) is 39.8 Å². The molecule has 2 nitrogen and oxygen atoms in total. The fourth-order valence-corrected chi connectivity index (χ4v) is 5.08. The second-order valence-corrected chi connectivity index (χ2v) is 10.4. The van der Waals surface area contributed by atoms with E-state index in [0.29, 0.717) is 0 Å². The van der Waals surface area contributed by atoms with Crippen LogP contribution in [0.3, 0.4) is 0 Å². The molecular weight excluding hydrogens is 450 g/mol. The predicted molar refractivity (Wildman–Crippen MR) is 160 cm³/mol. The molecule has 0 atom stereocenters. The van der Waals surface area contributed by atoms with Gasteiger partial charge in [-0.05, 0) is 75.4 Å². The van der Waals surface area contributed by atoms with Gasteiger partial charge in [-0.15, -0.1) is 0 Å². The summed E-state index contributed by atoms with van der Waals surface area (Å²) < 4.78 is 6.10. The molecule has 0 saturated heterocycles. The van der Waals surface area contributed by atoms with Gasteiger partial charge in [-0.2, -0.15) is 0 Å². The molecule has 0 saturated carbocycles. The van der Waals surface area contributed by atoms with E-state index >= 15 is 0 Å². The highest BCUT2D eigenvalue weighted by atomic mass is 16.5. The summed E-state index contributed by atoms with van der Waals surface area (Å²) in [6.45, 7) is 16.1. The highest BCUT2D eigenvalue weighted by Crippen LogP contribution is 2.40. The third-order valence-electron chi connectivity index (χ3n) is 7.45. The van der Waals surface area contributed by atoms with Crippen LogP contribution in [0, 0.1) is 6.92 Å². The van der Waals surface area contributed by atoms with Crippen molar-refractivity contribution in [1.29, 1.82) is 0 Å². The Morgan fingerprint density at radius 3 is 2.14 bits per heavy atom. The smallest absolute Gasteiger partial charge is 0.122 e. The number of likely N-dealkylation sites (N-methyl/N-ethyl adjacent to an activating group) is 1. The lowest BCUT2D eigenvalue weighted by Gasteiger charge is -2.34. The van der Waals surface area contributed by atoms with Gasteiger partial charge in [0.05, 0.1) is 6.61 Å². The van der Waals surface area contributed by atoms with Crippen LogP contribution in [0.5, 0.6) is 5.75 Å². The first-order valence-corrected chi connectivity index (χ1v) is 13.7. The van der Waals surface area contributed by atoms with Crippen LogP contribution in [-0.4, -0.2) is 31.6 Å². The van der Waals surface area contributed by atoms with E-state index in [1.54, 1.807) is 0 Å². The Labute approximate surface area is 225 Å². The van der Waals surface area contributed by atoms with Gasteiger partial charge in [0.25, 0.3) is 0 Å². The molecule has 0 aliphatic carbocycles. The maximum absolute atomic E-state index is 6.10. The van der Waals surface area contributed by atoms with Crippen LogP contribution in [0.1, 0.15) is 62.3 Å². The van der Waals surface area contributed by atoms with Gasteiger partial charge in [-0.25, -0.2) is 0 Å². The van der Waals surface area contributed by atoms with Crippen molar-refractivity contribution in [2.75, 3.05) is 26.7 Å². The molecule has 37 heavy (non-hydrogen) atoms. The average molecular weight is 496 g/mol. The van der Waals surface area contributed by atoms with Crippen molar-refractivity contribution in [1.82, 2.24) is 4.90 Å². The molecule has 0 aliphatic rings. The van der Waals surface area contributed by atoms with Gasteiger partial charge in [-0.1, -0.05) is 110 Å². The van der Waals surface area contributed by atoms with Gasteiger partial charge in [0, 0.05) is 18.5 Å². The molecule has 0 unspecified atom stereocenters. The topological polar surface area (TPSA) is 12.5 Å². The molecule has 0 spiro atoms. The molecule has 0 N–H and O–H groups in total. The highest BCUT2D eigenvalue weighted by molar-refractivity contribution is 5.48. The third-order valence-corrected chi connectivity index (χ3v) is 7.45. The summed E-state index contributed by atoms with van der Waals surface area (Å²) in [6, 6.07) is 28.1. The molecule has 0 fully saturated rings. The molecule has 3 aromatic rings. The number of ether oxygens (including phenoxy) is 1. The second kappa shape index (κ2) is 14.0. The molecule has 3 rings (SSSR count). The first-order chi connectivity index (χ1) is 17.9. The summed E-state index contributed by atoms with van der Waals surface area (Å²) in [5.74, 6) is 1.01. The quantitative estimate of drug-likeness (QED) is 0.164. The number of nitrogens with zero attached hydrogens (tertiary/aromatic N) is 1. The van der Waals surface area contributed by atoms with Crippen LogP contribution in [0.15, 0.2) is 103 Å². The summed E-state index contributed by atoms with van der Waals surface area (Å²) in [5.41, 5.74) is 7.56. The predicted octanol–water partition coefficient (Wildman–Crippen LogP) is 8.55. The van der Waals surface area contributed by atoms with Gasteiger partial charge in [-0.3, -0.25) is 0 Å². The monoisotopic (exact) mass is 495 g/mol. The molecule has 3 aromatic carbocycles. The van der Waals surface area contributed by atoms with Crippen molar-refractivity contribution in [3.63, 3.8) is 0 Å². The Balaban J connectivity index is 1.56. The fraction of sp³-hybridized carbons (Fsp3) is 0.371. The Kier molecular flexibility index (Phi) is 10.8. The number of benzene rings is 3. The Morgan fingerprint density at radius 1 is 0.973 bits per heavy atom. The van der Waals surface area contributed by atoms with Crippen LogP contribution in [-0.2, 0) is 11.8 Å². The maximum Gasteiger partial charge on any atom is 0.122 e. The lowest BCUT2D eigenvalue weighted by atomic mass is 9.69. The SMILES string of the molecule is C=C(C/C(=C\C)CN(C)CCCOc1ccc(CCC)cc1C)C(C)(c1ccccc1)c1ccccc1. The lowest BCUT2D eigenvalue weighted by molar-refractivity contribution is 0.269.